The summed E-state index contributed by atoms with van der Waals surface area (Å²) in [4.78, 5) is 4.42. The average molecular weight is 236 g/mol. The van der Waals surface area contributed by atoms with E-state index in [4.69, 9.17) is 5.73 Å². The predicted octanol–water partition coefficient (Wildman–Crippen LogP) is 2.17. The summed E-state index contributed by atoms with van der Waals surface area (Å²) in [6.45, 7) is 7.38. The molecule has 2 N–H and O–H groups in total. The zero-order valence-corrected chi connectivity index (χ0v) is 11.2. The molecule has 0 radical (unpaired) electrons. The van der Waals surface area contributed by atoms with Crippen molar-refractivity contribution in [3.63, 3.8) is 0 Å². The molecule has 1 aliphatic carbocycles. The first kappa shape index (κ1) is 12.6. The van der Waals surface area contributed by atoms with Crippen molar-refractivity contribution in [2.24, 2.45) is 17.1 Å². The molecule has 0 aromatic carbocycles. The molecule has 4 nitrogen and oxygen atoms in total. The van der Waals surface area contributed by atoms with E-state index in [1.54, 1.807) is 6.33 Å². The molecule has 0 spiro atoms. The SMILES string of the molecule is CC1CCC(CN)(Cc2ncnn2C(C)C)C1. The normalized spacial score (nSPS) is 29.1. The van der Waals surface area contributed by atoms with Crippen LogP contribution >= 0.6 is 0 Å². The summed E-state index contributed by atoms with van der Waals surface area (Å²) in [5.74, 6) is 1.90. The van der Waals surface area contributed by atoms with E-state index >= 15 is 0 Å². The molecule has 96 valence electrons. The Morgan fingerprint density at radius 1 is 1.59 bits per heavy atom. The van der Waals surface area contributed by atoms with Gasteiger partial charge in [-0.1, -0.05) is 13.3 Å². The highest BCUT2D eigenvalue weighted by Gasteiger charge is 2.37. The fraction of sp³-hybridized carbons (Fsp3) is 0.846. The quantitative estimate of drug-likeness (QED) is 0.871. The Hall–Kier alpha value is -0.900. The third-order valence-corrected chi connectivity index (χ3v) is 4.05. The maximum absolute atomic E-state index is 6.02. The molecule has 1 fully saturated rings. The number of hydrogen-bond acceptors (Lipinski definition) is 3. The molecule has 1 aliphatic rings. The van der Waals surface area contributed by atoms with Crippen LogP contribution in [0.15, 0.2) is 6.33 Å². The molecule has 0 aliphatic heterocycles. The van der Waals surface area contributed by atoms with E-state index in [2.05, 4.69) is 30.9 Å². The summed E-state index contributed by atoms with van der Waals surface area (Å²) >= 11 is 0. The van der Waals surface area contributed by atoms with Gasteiger partial charge in [0, 0.05) is 12.5 Å². The minimum Gasteiger partial charge on any atom is -0.330 e. The second-order valence-electron chi connectivity index (χ2n) is 5.94. The van der Waals surface area contributed by atoms with Gasteiger partial charge in [-0.15, -0.1) is 0 Å². The smallest absolute Gasteiger partial charge is 0.138 e. The first-order chi connectivity index (χ1) is 8.06. The standard InChI is InChI=1S/C13H24N4/c1-10(2)17-12(15-9-16-17)7-13(8-14)5-4-11(3)6-13/h9-11H,4-8,14H2,1-3H3. The molecule has 1 aromatic heterocycles. The highest BCUT2D eigenvalue weighted by Crippen LogP contribution is 2.43. The molecule has 0 bridgehead atoms. The maximum atomic E-state index is 6.02. The van der Waals surface area contributed by atoms with Crippen molar-refractivity contribution < 1.29 is 0 Å². The molecule has 2 rings (SSSR count). The van der Waals surface area contributed by atoms with Crippen LogP contribution in [-0.4, -0.2) is 21.3 Å². The van der Waals surface area contributed by atoms with Crippen molar-refractivity contribution in [1.29, 1.82) is 0 Å². The van der Waals surface area contributed by atoms with E-state index in [-0.39, 0.29) is 5.41 Å². The zero-order valence-electron chi connectivity index (χ0n) is 11.2. The van der Waals surface area contributed by atoms with Crippen LogP contribution in [0.3, 0.4) is 0 Å². The Morgan fingerprint density at radius 3 is 2.88 bits per heavy atom. The van der Waals surface area contributed by atoms with Crippen LogP contribution in [0.25, 0.3) is 0 Å². The van der Waals surface area contributed by atoms with Crippen LogP contribution in [0.2, 0.25) is 0 Å². The van der Waals surface area contributed by atoms with Crippen molar-refractivity contribution in [2.45, 2.75) is 52.5 Å². The van der Waals surface area contributed by atoms with Gasteiger partial charge in [-0.3, -0.25) is 0 Å². The fourth-order valence-corrected chi connectivity index (χ4v) is 3.08. The molecule has 1 aromatic rings. The second kappa shape index (κ2) is 4.77. The molecule has 2 atom stereocenters. The van der Waals surface area contributed by atoms with E-state index in [1.165, 1.54) is 19.3 Å². The topological polar surface area (TPSA) is 56.7 Å². The molecule has 0 saturated heterocycles. The van der Waals surface area contributed by atoms with Crippen LogP contribution in [0.1, 0.15) is 51.9 Å². The van der Waals surface area contributed by atoms with Gasteiger partial charge < -0.3 is 5.73 Å². The van der Waals surface area contributed by atoms with Gasteiger partial charge in [0.15, 0.2) is 0 Å². The van der Waals surface area contributed by atoms with Gasteiger partial charge in [0.2, 0.25) is 0 Å². The lowest BCUT2D eigenvalue weighted by molar-refractivity contribution is 0.281. The van der Waals surface area contributed by atoms with Crippen molar-refractivity contribution in [1.82, 2.24) is 14.8 Å². The lowest BCUT2D eigenvalue weighted by Crippen LogP contribution is -2.31. The minimum absolute atomic E-state index is 0.263. The Labute approximate surface area is 104 Å². The maximum Gasteiger partial charge on any atom is 0.138 e. The van der Waals surface area contributed by atoms with E-state index < -0.39 is 0 Å². The predicted molar refractivity (Wildman–Crippen MR) is 68.6 cm³/mol. The molecular formula is C13H24N4. The number of aromatic nitrogens is 3. The number of rotatable bonds is 4. The minimum atomic E-state index is 0.263. The van der Waals surface area contributed by atoms with Gasteiger partial charge in [-0.25, -0.2) is 9.67 Å². The van der Waals surface area contributed by atoms with Gasteiger partial charge in [-0.2, -0.15) is 5.10 Å². The molecule has 1 heterocycles. The van der Waals surface area contributed by atoms with Gasteiger partial charge in [0.05, 0.1) is 0 Å². The molecule has 17 heavy (non-hydrogen) atoms. The van der Waals surface area contributed by atoms with Gasteiger partial charge in [0.25, 0.3) is 0 Å². The van der Waals surface area contributed by atoms with E-state index in [1.807, 2.05) is 4.68 Å². The van der Waals surface area contributed by atoms with Crippen LogP contribution < -0.4 is 5.73 Å². The van der Waals surface area contributed by atoms with Crippen LogP contribution in [0, 0.1) is 11.3 Å². The second-order valence-corrected chi connectivity index (χ2v) is 5.94. The van der Waals surface area contributed by atoms with E-state index in [9.17, 15) is 0 Å². The van der Waals surface area contributed by atoms with Crippen molar-refractivity contribution in [3.8, 4) is 0 Å². The fourth-order valence-electron chi connectivity index (χ4n) is 3.08. The summed E-state index contributed by atoms with van der Waals surface area (Å²) in [5.41, 5.74) is 6.28. The monoisotopic (exact) mass is 236 g/mol. The van der Waals surface area contributed by atoms with Crippen molar-refractivity contribution in [2.75, 3.05) is 6.54 Å². The van der Waals surface area contributed by atoms with Crippen LogP contribution in [-0.2, 0) is 6.42 Å². The lowest BCUT2D eigenvalue weighted by Gasteiger charge is -2.27. The zero-order chi connectivity index (χ0) is 12.5. The number of nitrogens with zero attached hydrogens (tertiary/aromatic N) is 3. The third kappa shape index (κ3) is 2.51. The summed E-state index contributed by atoms with van der Waals surface area (Å²) < 4.78 is 2.03. The molecular weight excluding hydrogens is 212 g/mol. The van der Waals surface area contributed by atoms with Crippen LogP contribution in [0.4, 0.5) is 0 Å². The average Bonchev–Trinajstić information content (AvgIpc) is 2.87. The summed E-state index contributed by atoms with van der Waals surface area (Å²) in [7, 11) is 0. The summed E-state index contributed by atoms with van der Waals surface area (Å²) in [5, 5.41) is 4.31. The Morgan fingerprint density at radius 2 is 2.35 bits per heavy atom. The number of hydrogen-bond donors (Lipinski definition) is 1. The van der Waals surface area contributed by atoms with Gasteiger partial charge in [-0.05, 0) is 44.6 Å². The lowest BCUT2D eigenvalue weighted by atomic mass is 9.81. The molecule has 0 amide bonds. The first-order valence-corrected chi connectivity index (χ1v) is 6.65. The number of nitrogens with two attached hydrogens (primary N) is 1. The summed E-state index contributed by atoms with van der Waals surface area (Å²) in [6, 6.07) is 0.376. The molecule has 1 saturated carbocycles. The highest BCUT2D eigenvalue weighted by molar-refractivity contribution is 4.99. The molecule has 2 unspecified atom stereocenters. The Bertz CT molecular complexity index is 371. The molecule has 4 heteroatoms. The van der Waals surface area contributed by atoms with E-state index in [0.717, 1.165) is 24.7 Å². The van der Waals surface area contributed by atoms with Crippen molar-refractivity contribution >= 4 is 0 Å². The third-order valence-electron chi connectivity index (χ3n) is 4.05. The van der Waals surface area contributed by atoms with Gasteiger partial charge in [0.1, 0.15) is 12.2 Å². The van der Waals surface area contributed by atoms with Crippen LogP contribution in [0.5, 0.6) is 0 Å². The Balaban J connectivity index is 2.16. The van der Waals surface area contributed by atoms with E-state index in [0.29, 0.717) is 6.04 Å². The Kier molecular flexibility index (Phi) is 3.52. The summed E-state index contributed by atoms with van der Waals surface area (Å²) in [6.07, 6.45) is 6.40. The highest BCUT2D eigenvalue weighted by atomic mass is 15.3. The largest absolute Gasteiger partial charge is 0.330 e. The first-order valence-electron chi connectivity index (χ1n) is 6.65. The van der Waals surface area contributed by atoms with Gasteiger partial charge >= 0.3 is 0 Å². The van der Waals surface area contributed by atoms with Crippen molar-refractivity contribution in [3.05, 3.63) is 12.2 Å².